The number of hydrogen-bond acceptors (Lipinski definition) is 0. The fourth-order valence-electron chi connectivity index (χ4n) is 5.53. The fraction of sp³-hybridized carbons (Fsp3) is 0.394. The average Bonchev–Trinajstić information content (AvgIpc) is 2.92. The minimum atomic E-state index is -0.839. The summed E-state index contributed by atoms with van der Waals surface area (Å²) in [6.07, 6.45) is 11.9. The van der Waals surface area contributed by atoms with Crippen molar-refractivity contribution < 1.29 is 17.6 Å². The van der Waals surface area contributed by atoms with Crippen LogP contribution in [0.15, 0.2) is 48.5 Å². The molecule has 0 heterocycles. The van der Waals surface area contributed by atoms with Crippen LogP contribution >= 0.6 is 0 Å². The molecule has 3 aromatic carbocycles. The molecule has 0 saturated heterocycles. The van der Waals surface area contributed by atoms with Crippen LogP contribution in [0.1, 0.15) is 93.4 Å². The second kappa shape index (κ2) is 12.6. The highest BCUT2D eigenvalue weighted by Crippen LogP contribution is 2.39. The van der Waals surface area contributed by atoms with Gasteiger partial charge in [-0.3, -0.25) is 0 Å². The van der Waals surface area contributed by atoms with Crippen LogP contribution in [0, 0.1) is 29.2 Å². The molecule has 0 amide bonds. The Hall–Kier alpha value is -2.88. The van der Waals surface area contributed by atoms with E-state index >= 15 is 0 Å². The van der Waals surface area contributed by atoms with Crippen molar-refractivity contribution in [2.24, 2.45) is 5.92 Å². The van der Waals surface area contributed by atoms with Crippen LogP contribution in [0.5, 0.6) is 0 Å². The molecular formula is C33H36F4. The monoisotopic (exact) mass is 508 g/mol. The zero-order valence-electron chi connectivity index (χ0n) is 21.8. The van der Waals surface area contributed by atoms with E-state index in [4.69, 9.17) is 0 Å². The van der Waals surface area contributed by atoms with Crippen molar-refractivity contribution in [2.75, 3.05) is 0 Å². The highest BCUT2D eigenvalue weighted by molar-refractivity contribution is 5.72. The normalized spacial score (nSPS) is 18.0. The van der Waals surface area contributed by atoms with Crippen LogP contribution in [0.25, 0.3) is 23.3 Å². The van der Waals surface area contributed by atoms with E-state index in [9.17, 15) is 17.6 Å². The minimum absolute atomic E-state index is 0.0825. The van der Waals surface area contributed by atoms with Gasteiger partial charge in [0.05, 0.1) is 0 Å². The Bertz CT molecular complexity index is 1220. The van der Waals surface area contributed by atoms with Gasteiger partial charge >= 0.3 is 0 Å². The molecule has 0 N–H and O–H groups in total. The Morgan fingerprint density at radius 3 is 2.11 bits per heavy atom. The lowest BCUT2D eigenvalue weighted by atomic mass is 9.77. The summed E-state index contributed by atoms with van der Waals surface area (Å²) in [5, 5.41) is 0. The van der Waals surface area contributed by atoms with E-state index in [0.29, 0.717) is 29.0 Å². The van der Waals surface area contributed by atoms with Gasteiger partial charge in [-0.15, -0.1) is 0 Å². The molecular weight excluding hydrogens is 472 g/mol. The summed E-state index contributed by atoms with van der Waals surface area (Å²) in [5.41, 5.74) is 2.60. The standard InChI is InChI=1S/C33H36F4/c1-3-5-7-26-18-20-28(32(36)30(26)34)25-15-10-23(11-16-25)12-17-27-19-21-29(33(37)31(27)35)24-13-8-22(6-4-2)9-14-24/h10-12,15-22,24H,3-9,13-14H2,1-2H3/b17-12+. The van der Waals surface area contributed by atoms with E-state index in [2.05, 4.69) is 6.92 Å². The van der Waals surface area contributed by atoms with Gasteiger partial charge in [-0.25, -0.2) is 17.6 Å². The second-order valence-corrected chi connectivity index (χ2v) is 10.3. The first kappa shape index (κ1) is 27.2. The highest BCUT2D eigenvalue weighted by atomic mass is 19.2. The molecule has 0 aromatic heterocycles. The highest BCUT2D eigenvalue weighted by Gasteiger charge is 2.25. The van der Waals surface area contributed by atoms with Gasteiger partial charge in [0.1, 0.15) is 0 Å². The van der Waals surface area contributed by atoms with Gasteiger partial charge in [-0.1, -0.05) is 93.8 Å². The van der Waals surface area contributed by atoms with Crippen molar-refractivity contribution in [1.29, 1.82) is 0 Å². The van der Waals surface area contributed by atoms with Gasteiger partial charge in [0.15, 0.2) is 23.3 Å². The first-order valence-corrected chi connectivity index (χ1v) is 13.7. The number of benzene rings is 3. The summed E-state index contributed by atoms with van der Waals surface area (Å²) in [7, 11) is 0. The maximum Gasteiger partial charge on any atom is 0.166 e. The van der Waals surface area contributed by atoms with Gasteiger partial charge in [0, 0.05) is 11.1 Å². The number of hydrogen-bond donors (Lipinski definition) is 0. The Labute approximate surface area is 218 Å². The molecule has 1 aliphatic carbocycles. The van der Waals surface area contributed by atoms with Gasteiger partial charge in [-0.05, 0) is 72.6 Å². The smallest absolute Gasteiger partial charge is 0.166 e. The van der Waals surface area contributed by atoms with E-state index in [0.717, 1.165) is 44.1 Å². The van der Waals surface area contributed by atoms with Gasteiger partial charge < -0.3 is 0 Å². The largest absolute Gasteiger partial charge is 0.203 e. The number of unbranched alkanes of at least 4 members (excludes halogenated alkanes) is 1. The predicted octanol–water partition coefficient (Wildman–Crippen LogP) is 10.5. The molecule has 1 aliphatic rings. The maximum atomic E-state index is 15.0. The first-order chi connectivity index (χ1) is 17.9. The molecule has 4 heteroatoms. The molecule has 0 aliphatic heterocycles. The lowest BCUT2D eigenvalue weighted by Crippen LogP contribution is -2.15. The zero-order valence-corrected chi connectivity index (χ0v) is 21.8. The van der Waals surface area contributed by atoms with E-state index in [1.165, 1.54) is 12.8 Å². The SMILES string of the molecule is CCCCc1ccc(-c2ccc(/C=C/c3ccc(C4CCC(CCC)CC4)c(F)c3F)cc2)c(F)c1F. The second-order valence-electron chi connectivity index (χ2n) is 10.3. The maximum absolute atomic E-state index is 15.0. The molecule has 0 radical (unpaired) electrons. The van der Waals surface area contributed by atoms with E-state index in [-0.39, 0.29) is 17.0 Å². The quantitative estimate of drug-likeness (QED) is 0.199. The van der Waals surface area contributed by atoms with Gasteiger partial charge in [0.2, 0.25) is 0 Å². The molecule has 1 fully saturated rings. The van der Waals surface area contributed by atoms with Crippen molar-refractivity contribution in [2.45, 2.75) is 77.6 Å². The molecule has 0 nitrogen and oxygen atoms in total. The van der Waals surface area contributed by atoms with E-state index in [1.807, 2.05) is 6.92 Å². The Morgan fingerprint density at radius 2 is 1.43 bits per heavy atom. The summed E-state index contributed by atoms with van der Waals surface area (Å²) in [6, 6.07) is 13.6. The van der Waals surface area contributed by atoms with E-state index < -0.39 is 23.3 Å². The molecule has 0 atom stereocenters. The van der Waals surface area contributed by atoms with Crippen LogP contribution < -0.4 is 0 Å². The predicted molar refractivity (Wildman–Crippen MR) is 145 cm³/mol. The molecule has 4 rings (SSSR count). The van der Waals surface area contributed by atoms with Crippen LogP contribution in [0.3, 0.4) is 0 Å². The van der Waals surface area contributed by atoms with Crippen molar-refractivity contribution in [3.8, 4) is 11.1 Å². The van der Waals surface area contributed by atoms with E-state index in [1.54, 1.807) is 60.7 Å². The first-order valence-electron chi connectivity index (χ1n) is 13.7. The number of aryl methyl sites for hydroxylation is 1. The summed E-state index contributed by atoms with van der Waals surface area (Å²) >= 11 is 0. The lowest BCUT2D eigenvalue weighted by molar-refractivity contribution is 0.303. The molecule has 1 saturated carbocycles. The minimum Gasteiger partial charge on any atom is -0.203 e. The Kier molecular flexibility index (Phi) is 9.23. The van der Waals surface area contributed by atoms with Crippen LogP contribution in [0.2, 0.25) is 0 Å². The molecule has 196 valence electrons. The molecule has 0 spiro atoms. The fourth-order valence-corrected chi connectivity index (χ4v) is 5.53. The third-order valence-corrected chi connectivity index (χ3v) is 7.76. The molecule has 37 heavy (non-hydrogen) atoms. The average molecular weight is 509 g/mol. The third kappa shape index (κ3) is 6.34. The summed E-state index contributed by atoms with van der Waals surface area (Å²) in [4.78, 5) is 0. The summed E-state index contributed by atoms with van der Waals surface area (Å²) in [6.45, 7) is 4.20. The summed E-state index contributed by atoms with van der Waals surface area (Å²) in [5.74, 6) is -2.39. The number of halogens is 4. The zero-order chi connectivity index (χ0) is 26.4. The topological polar surface area (TPSA) is 0 Å². The van der Waals surface area contributed by atoms with Crippen molar-refractivity contribution in [3.63, 3.8) is 0 Å². The van der Waals surface area contributed by atoms with Crippen molar-refractivity contribution in [1.82, 2.24) is 0 Å². The number of rotatable bonds is 9. The van der Waals surface area contributed by atoms with Crippen molar-refractivity contribution in [3.05, 3.63) is 94.1 Å². The van der Waals surface area contributed by atoms with Crippen LogP contribution in [0.4, 0.5) is 17.6 Å². The van der Waals surface area contributed by atoms with Crippen LogP contribution in [-0.4, -0.2) is 0 Å². The Morgan fingerprint density at radius 1 is 0.703 bits per heavy atom. The Balaban J connectivity index is 1.46. The molecule has 0 bridgehead atoms. The van der Waals surface area contributed by atoms with Gasteiger partial charge in [-0.2, -0.15) is 0 Å². The third-order valence-electron chi connectivity index (χ3n) is 7.76. The summed E-state index contributed by atoms with van der Waals surface area (Å²) < 4.78 is 59.0. The molecule has 3 aromatic rings. The van der Waals surface area contributed by atoms with Crippen LogP contribution in [-0.2, 0) is 6.42 Å². The lowest BCUT2D eigenvalue weighted by Gasteiger charge is -2.29. The van der Waals surface area contributed by atoms with Crippen molar-refractivity contribution >= 4 is 12.2 Å². The molecule has 0 unspecified atom stereocenters. The van der Waals surface area contributed by atoms with Gasteiger partial charge in [0.25, 0.3) is 0 Å².